The molecular formula is C16H16FN5O2S. The molecule has 3 aromatic rings. The number of anilines is 1. The van der Waals surface area contributed by atoms with Gasteiger partial charge >= 0.3 is 0 Å². The van der Waals surface area contributed by atoms with Gasteiger partial charge in [0, 0.05) is 19.2 Å². The molecule has 0 radical (unpaired) electrons. The van der Waals surface area contributed by atoms with Crippen molar-refractivity contribution in [1.82, 2.24) is 20.2 Å². The maximum Gasteiger partial charge on any atom is 0.175 e. The van der Waals surface area contributed by atoms with Crippen LogP contribution in [0.3, 0.4) is 0 Å². The molecule has 0 unspecified atom stereocenters. The summed E-state index contributed by atoms with van der Waals surface area (Å²) in [5.74, 6) is 0.0115. The van der Waals surface area contributed by atoms with Crippen LogP contribution in [0.2, 0.25) is 0 Å². The lowest BCUT2D eigenvalue weighted by atomic mass is 10.3. The number of nitrogens with zero attached hydrogens (tertiary/aromatic N) is 4. The fraction of sp³-hybridized carbons (Fsp3) is 0.188. The van der Waals surface area contributed by atoms with E-state index in [1.54, 1.807) is 4.68 Å². The normalized spacial score (nSPS) is 11.4. The molecule has 0 saturated carbocycles. The zero-order valence-corrected chi connectivity index (χ0v) is 14.2. The molecular weight excluding hydrogens is 345 g/mol. The van der Waals surface area contributed by atoms with Crippen LogP contribution in [-0.4, -0.2) is 41.4 Å². The largest absolute Gasteiger partial charge is 0.382 e. The molecule has 2 aromatic carbocycles. The molecule has 25 heavy (non-hydrogen) atoms. The number of hydrogen-bond acceptors (Lipinski definition) is 6. The molecule has 1 N–H and O–H groups in total. The van der Waals surface area contributed by atoms with Crippen molar-refractivity contribution in [3.63, 3.8) is 0 Å². The van der Waals surface area contributed by atoms with Crippen LogP contribution in [0.25, 0.3) is 5.69 Å². The van der Waals surface area contributed by atoms with Crippen molar-refractivity contribution in [2.75, 3.05) is 18.1 Å². The summed E-state index contributed by atoms with van der Waals surface area (Å²) in [4.78, 5) is -0.0522. The number of sulfone groups is 1. The minimum Gasteiger partial charge on any atom is -0.382 e. The van der Waals surface area contributed by atoms with Crippen LogP contribution in [0.15, 0.2) is 53.4 Å². The van der Waals surface area contributed by atoms with Crippen LogP contribution in [0.4, 0.5) is 10.1 Å². The molecule has 0 atom stereocenters. The van der Waals surface area contributed by atoms with E-state index in [2.05, 4.69) is 20.8 Å². The summed E-state index contributed by atoms with van der Waals surface area (Å²) in [6.45, 7) is 0.391. The minimum atomic E-state index is -3.43. The van der Waals surface area contributed by atoms with E-state index in [0.717, 1.165) is 18.0 Å². The maximum atomic E-state index is 14.0. The first-order valence-electron chi connectivity index (χ1n) is 7.51. The zero-order valence-electron chi connectivity index (χ0n) is 13.4. The molecule has 0 aliphatic carbocycles. The van der Waals surface area contributed by atoms with Gasteiger partial charge in [0.1, 0.15) is 5.82 Å². The molecule has 0 bridgehead atoms. The Morgan fingerprint density at radius 3 is 2.60 bits per heavy atom. The van der Waals surface area contributed by atoms with Crippen molar-refractivity contribution < 1.29 is 12.8 Å². The highest BCUT2D eigenvalue weighted by molar-refractivity contribution is 7.90. The van der Waals surface area contributed by atoms with Crippen molar-refractivity contribution in [3.8, 4) is 5.69 Å². The zero-order chi connectivity index (χ0) is 17.9. The van der Waals surface area contributed by atoms with Crippen LogP contribution >= 0.6 is 0 Å². The van der Waals surface area contributed by atoms with Crippen molar-refractivity contribution in [3.05, 3.63) is 60.2 Å². The summed E-state index contributed by atoms with van der Waals surface area (Å²) in [6, 6.07) is 13.2. The lowest BCUT2D eigenvalue weighted by molar-refractivity contribution is 0.596. The van der Waals surface area contributed by atoms with Gasteiger partial charge in [0.2, 0.25) is 0 Å². The Morgan fingerprint density at radius 2 is 1.92 bits per heavy atom. The number of hydrogen-bond donors (Lipinski definition) is 1. The summed E-state index contributed by atoms with van der Waals surface area (Å²) in [6.07, 6.45) is 1.51. The third-order valence-corrected chi connectivity index (χ3v) is 4.68. The summed E-state index contributed by atoms with van der Waals surface area (Å²) in [7, 11) is -3.43. The number of nitrogens with one attached hydrogen (secondary N) is 1. The quantitative estimate of drug-likeness (QED) is 0.721. The van der Waals surface area contributed by atoms with Gasteiger partial charge in [-0.2, -0.15) is 4.68 Å². The summed E-state index contributed by atoms with van der Waals surface area (Å²) < 4.78 is 38.5. The number of rotatable bonds is 6. The van der Waals surface area contributed by atoms with E-state index in [1.807, 2.05) is 30.3 Å². The van der Waals surface area contributed by atoms with Gasteiger partial charge in [-0.15, -0.1) is 5.10 Å². The van der Waals surface area contributed by atoms with Crippen LogP contribution in [0.1, 0.15) is 5.82 Å². The van der Waals surface area contributed by atoms with E-state index >= 15 is 0 Å². The topological polar surface area (TPSA) is 89.8 Å². The van der Waals surface area contributed by atoms with E-state index in [-0.39, 0.29) is 10.6 Å². The number of benzene rings is 2. The number of halogens is 1. The Bertz CT molecular complexity index is 973. The van der Waals surface area contributed by atoms with Gasteiger partial charge in [0.15, 0.2) is 15.7 Å². The molecule has 130 valence electrons. The van der Waals surface area contributed by atoms with Gasteiger partial charge < -0.3 is 5.32 Å². The second kappa shape index (κ2) is 6.98. The monoisotopic (exact) mass is 361 g/mol. The molecule has 0 aliphatic rings. The first-order valence-corrected chi connectivity index (χ1v) is 9.40. The standard InChI is InChI=1S/C16H16FN5O2S/c1-25(23,24)13-7-8-15(14(17)11-13)18-10-9-16-19-20-21-22(16)12-5-3-2-4-6-12/h2-8,11,18H,9-10H2,1H3. The maximum absolute atomic E-state index is 14.0. The Morgan fingerprint density at radius 1 is 1.16 bits per heavy atom. The molecule has 1 aromatic heterocycles. The molecule has 0 aliphatic heterocycles. The van der Waals surface area contributed by atoms with Crippen LogP contribution in [0, 0.1) is 5.82 Å². The van der Waals surface area contributed by atoms with Gasteiger partial charge in [-0.3, -0.25) is 0 Å². The Labute approximate surface area is 144 Å². The Kier molecular flexibility index (Phi) is 4.75. The third-order valence-electron chi connectivity index (χ3n) is 3.57. The van der Waals surface area contributed by atoms with E-state index in [4.69, 9.17) is 0 Å². The predicted molar refractivity (Wildman–Crippen MR) is 90.9 cm³/mol. The minimum absolute atomic E-state index is 0.0522. The fourth-order valence-corrected chi connectivity index (χ4v) is 2.94. The molecule has 3 rings (SSSR count). The number of tetrazole rings is 1. The predicted octanol–water partition coefficient (Wildman–Crippen LogP) is 1.86. The summed E-state index contributed by atoms with van der Waals surface area (Å²) in [5.41, 5.74) is 1.07. The van der Waals surface area contributed by atoms with E-state index in [1.165, 1.54) is 12.1 Å². The summed E-state index contributed by atoms with van der Waals surface area (Å²) in [5, 5.41) is 14.5. The lowest BCUT2D eigenvalue weighted by Crippen LogP contribution is -2.11. The van der Waals surface area contributed by atoms with E-state index in [0.29, 0.717) is 18.8 Å². The van der Waals surface area contributed by atoms with Crippen LogP contribution in [0.5, 0.6) is 0 Å². The highest BCUT2D eigenvalue weighted by Crippen LogP contribution is 2.19. The van der Waals surface area contributed by atoms with Crippen molar-refractivity contribution in [1.29, 1.82) is 0 Å². The lowest BCUT2D eigenvalue weighted by Gasteiger charge is -2.09. The smallest absolute Gasteiger partial charge is 0.175 e. The van der Waals surface area contributed by atoms with Gasteiger partial charge in [0.25, 0.3) is 0 Å². The van der Waals surface area contributed by atoms with Crippen molar-refractivity contribution in [2.45, 2.75) is 11.3 Å². The van der Waals surface area contributed by atoms with Gasteiger partial charge in [-0.05, 0) is 40.8 Å². The molecule has 1 heterocycles. The van der Waals surface area contributed by atoms with Crippen LogP contribution in [-0.2, 0) is 16.3 Å². The van der Waals surface area contributed by atoms with Gasteiger partial charge in [-0.1, -0.05) is 18.2 Å². The van der Waals surface area contributed by atoms with Gasteiger partial charge in [-0.25, -0.2) is 12.8 Å². The second-order valence-corrected chi connectivity index (χ2v) is 7.45. The highest BCUT2D eigenvalue weighted by atomic mass is 32.2. The highest BCUT2D eigenvalue weighted by Gasteiger charge is 2.12. The fourth-order valence-electron chi connectivity index (χ4n) is 2.31. The first-order chi connectivity index (χ1) is 11.9. The molecule has 0 fully saturated rings. The molecule has 0 saturated heterocycles. The second-order valence-electron chi connectivity index (χ2n) is 5.43. The third kappa shape index (κ3) is 4.00. The Hall–Kier alpha value is -2.81. The van der Waals surface area contributed by atoms with Crippen LogP contribution < -0.4 is 5.32 Å². The van der Waals surface area contributed by atoms with E-state index in [9.17, 15) is 12.8 Å². The Balaban J connectivity index is 1.68. The average molecular weight is 361 g/mol. The molecule has 7 nitrogen and oxygen atoms in total. The molecule has 0 amide bonds. The average Bonchev–Trinajstić information content (AvgIpc) is 3.04. The number of aromatic nitrogens is 4. The van der Waals surface area contributed by atoms with Crippen molar-refractivity contribution >= 4 is 15.5 Å². The first kappa shape index (κ1) is 17.0. The SMILES string of the molecule is CS(=O)(=O)c1ccc(NCCc2nnnn2-c2ccccc2)c(F)c1. The van der Waals surface area contributed by atoms with E-state index < -0.39 is 15.7 Å². The molecule has 0 spiro atoms. The van der Waals surface area contributed by atoms with Crippen molar-refractivity contribution in [2.24, 2.45) is 0 Å². The van der Waals surface area contributed by atoms with Gasteiger partial charge in [0.05, 0.1) is 16.3 Å². The summed E-state index contributed by atoms with van der Waals surface area (Å²) >= 11 is 0. The molecule has 9 heteroatoms. The number of para-hydroxylation sites is 1.